The molecular formula is C20H19S+. The molecule has 1 saturated carbocycles. The van der Waals surface area contributed by atoms with Crippen molar-refractivity contribution in [2.75, 3.05) is 0 Å². The Kier molecular flexibility index (Phi) is 2.33. The number of hydrogen-bond acceptors (Lipinski definition) is 0. The maximum absolute atomic E-state index is 2.56. The number of fused-ring (bicyclic) bond motifs is 7. The molecule has 104 valence electrons. The van der Waals surface area contributed by atoms with Crippen LogP contribution in [0.15, 0.2) is 76.5 Å². The Labute approximate surface area is 129 Å². The highest BCUT2D eigenvalue weighted by Gasteiger charge is 2.69. The van der Waals surface area contributed by atoms with Crippen molar-refractivity contribution in [3.8, 4) is 0 Å². The first-order valence-electron chi connectivity index (χ1n) is 7.87. The number of benzene rings is 2. The molecule has 0 spiro atoms. The highest BCUT2D eigenvalue weighted by molar-refractivity contribution is 7.98. The molecule has 5 rings (SSSR count). The van der Waals surface area contributed by atoms with E-state index >= 15 is 0 Å². The van der Waals surface area contributed by atoms with Crippen molar-refractivity contribution in [2.24, 2.45) is 11.8 Å². The van der Waals surface area contributed by atoms with Gasteiger partial charge in [0.2, 0.25) is 0 Å². The molecule has 2 aromatic carbocycles. The molecule has 3 aliphatic rings. The standard InChI is InChI=1S/C20H19S/c1-20-15-12-11-14(13-15)19(20)17-9-5-6-10-18(17)21(20)16-7-3-2-4-8-16/h2-12,14-15,19H,13H2,1H3/q+1/t14-,15+,19+,20+,21?/m0/s1. The SMILES string of the molecule is C[C@@]12[C@@H]3C=C[C@@H](C3)[C@@H]1c1ccccc1[S+]2c1ccccc1. The highest BCUT2D eigenvalue weighted by Crippen LogP contribution is 2.66. The third-order valence-electron chi connectivity index (χ3n) is 5.79. The van der Waals surface area contributed by atoms with Gasteiger partial charge in [-0.1, -0.05) is 48.6 Å². The molecule has 0 amide bonds. The van der Waals surface area contributed by atoms with E-state index in [1.807, 2.05) is 0 Å². The molecule has 1 heteroatoms. The van der Waals surface area contributed by atoms with Gasteiger partial charge in [0.05, 0.1) is 10.9 Å². The predicted molar refractivity (Wildman–Crippen MR) is 88.7 cm³/mol. The molecule has 0 nitrogen and oxygen atoms in total. The lowest BCUT2D eigenvalue weighted by atomic mass is 9.79. The van der Waals surface area contributed by atoms with Crippen molar-refractivity contribution in [3.63, 3.8) is 0 Å². The van der Waals surface area contributed by atoms with Crippen molar-refractivity contribution in [1.82, 2.24) is 0 Å². The van der Waals surface area contributed by atoms with E-state index in [1.54, 1.807) is 10.5 Å². The lowest BCUT2D eigenvalue weighted by Crippen LogP contribution is -2.40. The van der Waals surface area contributed by atoms with Crippen LogP contribution in [-0.2, 0) is 10.9 Å². The molecule has 0 radical (unpaired) electrons. The lowest BCUT2D eigenvalue weighted by molar-refractivity contribution is 0.484. The van der Waals surface area contributed by atoms with E-state index in [1.165, 1.54) is 11.3 Å². The van der Waals surface area contributed by atoms with E-state index in [4.69, 9.17) is 0 Å². The number of allylic oxidation sites excluding steroid dienone is 2. The van der Waals surface area contributed by atoms with Gasteiger partial charge >= 0.3 is 0 Å². The first-order chi connectivity index (χ1) is 10.3. The van der Waals surface area contributed by atoms with Crippen LogP contribution < -0.4 is 0 Å². The summed E-state index contributed by atoms with van der Waals surface area (Å²) in [6, 6.07) is 20.4. The fraction of sp³-hybridized carbons (Fsp3) is 0.300. The summed E-state index contributed by atoms with van der Waals surface area (Å²) in [5.41, 5.74) is 1.63. The van der Waals surface area contributed by atoms with Gasteiger partial charge in [0, 0.05) is 17.4 Å². The van der Waals surface area contributed by atoms with Crippen molar-refractivity contribution < 1.29 is 0 Å². The van der Waals surface area contributed by atoms with Crippen LogP contribution in [0.1, 0.15) is 24.8 Å². The molecule has 0 N–H and O–H groups in total. The zero-order valence-electron chi connectivity index (χ0n) is 12.2. The second-order valence-electron chi connectivity index (χ2n) is 6.71. The highest BCUT2D eigenvalue weighted by atomic mass is 32.2. The molecule has 1 unspecified atom stereocenters. The topological polar surface area (TPSA) is 0 Å². The molecule has 1 aliphatic heterocycles. The van der Waals surface area contributed by atoms with Crippen LogP contribution in [0, 0.1) is 11.8 Å². The van der Waals surface area contributed by atoms with Gasteiger partial charge in [-0.2, -0.15) is 0 Å². The van der Waals surface area contributed by atoms with Crippen LogP contribution in [-0.4, -0.2) is 4.75 Å². The summed E-state index contributed by atoms with van der Waals surface area (Å²) in [6.45, 7) is 2.56. The minimum absolute atomic E-state index is 0.213. The molecule has 2 aromatic rings. The first kappa shape index (κ1) is 12.1. The third kappa shape index (κ3) is 1.38. The summed E-state index contributed by atoms with van der Waals surface area (Å²) >= 11 is 0. The average molecular weight is 291 g/mol. The quantitative estimate of drug-likeness (QED) is 0.524. The zero-order chi connectivity index (χ0) is 14.0. The van der Waals surface area contributed by atoms with E-state index in [9.17, 15) is 0 Å². The summed E-state index contributed by atoms with van der Waals surface area (Å²) in [4.78, 5) is 3.13. The molecule has 0 aromatic heterocycles. The van der Waals surface area contributed by atoms with Crippen LogP contribution in [0.25, 0.3) is 0 Å². The summed E-state index contributed by atoms with van der Waals surface area (Å²) < 4.78 is 0.393. The average Bonchev–Trinajstić information content (AvgIpc) is 3.16. The molecule has 0 saturated heterocycles. The summed E-state index contributed by atoms with van der Waals surface area (Å²) in [7, 11) is 0.213. The Morgan fingerprint density at radius 2 is 1.71 bits per heavy atom. The van der Waals surface area contributed by atoms with Crippen LogP contribution in [0.3, 0.4) is 0 Å². The van der Waals surface area contributed by atoms with Gasteiger partial charge in [-0.05, 0) is 37.5 Å². The Bertz CT molecular complexity index is 733. The third-order valence-corrected chi connectivity index (χ3v) is 8.78. The van der Waals surface area contributed by atoms with Crippen LogP contribution in [0.2, 0.25) is 0 Å². The summed E-state index contributed by atoms with van der Waals surface area (Å²) in [5.74, 6) is 2.25. The van der Waals surface area contributed by atoms with Crippen molar-refractivity contribution in [3.05, 3.63) is 72.3 Å². The van der Waals surface area contributed by atoms with Gasteiger partial charge < -0.3 is 0 Å². The van der Waals surface area contributed by atoms with Crippen LogP contribution in [0.4, 0.5) is 0 Å². The monoisotopic (exact) mass is 291 g/mol. The second kappa shape index (κ2) is 4.04. The van der Waals surface area contributed by atoms with Gasteiger partial charge in [0.15, 0.2) is 9.79 Å². The second-order valence-corrected chi connectivity index (χ2v) is 9.11. The normalized spacial score (nSPS) is 38.5. The lowest BCUT2D eigenvalue weighted by Gasteiger charge is -2.30. The number of hydrogen-bond donors (Lipinski definition) is 0. The van der Waals surface area contributed by atoms with E-state index in [-0.39, 0.29) is 10.9 Å². The van der Waals surface area contributed by atoms with Crippen molar-refractivity contribution in [2.45, 2.75) is 33.8 Å². The maximum Gasteiger partial charge on any atom is 0.164 e. The molecule has 2 bridgehead atoms. The molecule has 5 atom stereocenters. The summed E-state index contributed by atoms with van der Waals surface area (Å²) in [5, 5.41) is 0. The molecule has 1 heterocycles. The predicted octanol–water partition coefficient (Wildman–Crippen LogP) is 4.78. The van der Waals surface area contributed by atoms with Gasteiger partial charge in [-0.25, -0.2) is 0 Å². The van der Waals surface area contributed by atoms with Crippen LogP contribution >= 0.6 is 0 Å². The van der Waals surface area contributed by atoms with Gasteiger partial charge in [0.25, 0.3) is 0 Å². The van der Waals surface area contributed by atoms with Gasteiger partial charge in [-0.15, -0.1) is 0 Å². The van der Waals surface area contributed by atoms with Crippen LogP contribution in [0.5, 0.6) is 0 Å². The smallest absolute Gasteiger partial charge is 0.0841 e. The Morgan fingerprint density at radius 3 is 2.57 bits per heavy atom. The summed E-state index contributed by atoms with van der Waals surface area (Å²) in [6.07, 6.45) is 6.37. The molecule has 2 aliphatic carbocycles. The fourth-order valence-electron chi connectivity index (χ4n) is 4.97. The number of rotatable bonds is 1. The van der Waals surface area contributed by atoms with E-state index in [0.717, 1.165) is 17.8 Å². The molecule has 1 fully saturated rings. The largest absolute Gasteiger partial charge is 0.164 e. The minimum Gasteiger partial charge on any atom is -0.0841 e. The van der Waals surface area contributed by atoms with Crippen molar-refractivity contribution in [1.29, 1.82) is 0 Å². The van der Waals surface area contributed by atoms with Crippen molar-refractivity contribution >= 4 is 10.9 Å². The molecular weight excluding hydrogens is 272 g/mol. The zero-order valence-corrected chi connectivity index (χ0v) is 13.0. The maximum atomic E-state index is 2.56. The Balaban J connectivity index is 1.78. The van der Waals surface area contributed by atoms with Gasteiger partial charge in [0.1, 0.15) is 4.75 Å². The van der Waals surface area contributed by atoms with E-state index < -0.39 is 0 Å². The molecule has 21 heavy (non-hydrogen) atoms. The minimum atomic E-state index is 0.213. The van der Waals surface area contributed by atoms with Gasteiger partial charge in [-0.3, -0.25) is 0 Å². The van der Waals surface area contributed by atoms with E-state index in [0.29, 0.717) is 4.75 Å². The van der Waals surface area contributed by atoms with E-state index in [2.05, 4.69) is 73.7 Å². The Morgan fingerprint density at radius 1 is 0.952 bits per heavy atom. The Hall–Kier alpha value is -1.47. The first-order valence-corrected chi connectivity index (χ1v) is 9.09. The fourth-order valence-corrected chi connectivity index (χ4v) is 8.31.